The molecule has 0 saturated carbocycles. The summed E-state index contributed by atoms with van der Waals surface area (Å²) in [6, 6.07) is 12.5. The lowest BCUT2D eigenvalue weighted by molar-refractivity contribution is 0.414. The van der Waals surface area contributed by atoms with Gasteiger partial charge in [0, 0.05) is 5.56 Å². The maximum Gasteiger partial charge on any atom is 0.276 e. The molecule has 3 rings (SSSR count). The second-order valence-corrected chi connectivity index (χ2v) is 7.50. The van der Waals surface area contributed by atoms with Gasteiger partial charge in [-0.25, -0.2) is 0 Å². The lowest BCUT2D eigenvalue weighted by Crippen LogP contribution is -2.22. The number of methoxy groups -OCH3 is 1. The van der Waals surface area contributed by atoms with Crippen LogP contribution in [0.25, 0.3) is 0 Å². The molecule has 0 saturated heterocycles. The second-order valence-electron chi connectivity index (χ2n) is 5.84. The summed E-state index contributed by atoms with van der Waals surface area (Å²) in [4.78, 5) is 2.57. The van der Waals surface area contributed by atoms with E-state index in [1.807, 2.05) is 25.1 Å². The van der Waals surface area contributed by atoms with Gasteiger partial charge in [0.2, 0.25) is 0 Å². The molecular formula is C18H20N2O3S. The van der Waals surface area contributed by atoms with E-state index >= 15 is 0 Å². The minimum absolute atomic E-state index is 0.211. The standard InChI is InChI=1S/C18H20N2O3S/c1-13-6-9-16(10-7-13)24(21,22)20-19-18-5-3-4-14-12-15(23-2)8-11-17(14)18/h6-12,20H,3-5H2,1-2H3. The molecule has 1 aliphatic rings. The molecule has 2 aromatic carbocycles. The van der Waals surface area contributed by atoms with Gasteiger partial charge in [-0.3, -0.25) is 0 Å². The van der Waals surface area contributed by atoms with Crippen LogP contribution in [0.4, 0.5) is 0 Å². The van der Waals surface area contributed by atoms with E-state index in [0.29, 0.717) is 0 Å². The number of nitrogens with one attached hydrogen (secondary N) is 1. The highest BCUT2D eigenvalue weighted by molar-refractivity contribution is 7.89. The van der Waals surface area contributed by atoms with Crippen molar-refractivity contribution in [3.63, 3.8) is 0 Å². The summed E-state index contributed by atoms with van der Waals surface area (Å²) in [5, 5.41) is 4.19. The molecule has 0 radical (unpaired) electrons. The highest BCUT2D eigenvalue weighted by Gasteiger charge is 2.18. The summed E-state index contributed by atoms with van der Waals surface area (Å²) >= 11 is 0. The fourth-order valence-corrected chi connectivity index (χ4v) is 3.60. The number of ether oxygens (including phenoxy) is 1. The van der Waals surface area contributed by atoms with Crippen LogP contribution in [0.15, 0.2) is 52.5 Å². The molecule has 0 amide bonds. The van der Waals surface area contributed by atoms with Crippen molar-refractivity contribution in [2.45, 2.75) is 31.1 Å². The highest BCUT2D eigenvalue weighted by Crippen LogP contribution is 2.25. The van der Waals surface area contributed by atoms with Gasteiger partial charge in [0.05, 0.1) is 17.7 Å². The molecule has 24 heavy (non-hydrogen) atoms. The van der Waals surface area contributed by atoms with Crippen LogP contribution < -0.4 is 9.57 Å². The summed E-state index contributed by atoms with van der Waals surface area (Å²) in [5.41, 5.74) is 3.88. The van der Waals surface area contributed by atoms with Crippen molar-refractivity contribution in [2.75, 3.05) is 7.11 Å². The maximum atomic E-state index is 12.4. The monoisotopic (exact) mass is 344 g/mol. The molecule has 6 heteroatoms. The van der Waals surface area contributed by atoms with Crippen LogP contribution in [0, 0.1) is 6.92 Å². The molecule has 0 unspecified atom stereocenters. The third-order valence-electron chi connectivity index (χ3n) is 4.12. The van der Waals surface area contributed by atoms with E-state index < -0.39 is 10.0 Å². The molecule has 0 aromatic heterocycles. The zero-order valence-electron chi connectivity index (χ0n) is 13.7. The van der Waals surface area contributed by atoms with Gasteiger partial charge >= 0.3 is 0 Å². The number of nitrogens with zero attached hydrogens (tertiary/aromatic N) is 1. The fraction of sp³-hybridized carbons (Fsp3) is 0.278. The minimum Gasteiger partial charge on any atom is -0.497 e. The Morgan fingerprint density at radius 2 is 1.83 bits per heavy atom. The molecule has 0 heterocycles. The normalized spacial score (nSPS) is 15.8. The Morgan fingerprint density at radius 3 is 2.54 bits per heavy atom. The molecular weight excluding hydrogens is 324 g/mol. The maximum absolute atomic E-state index is 12.4. The summed E-state index contributed by atoms with van der Waals surface area (Å²) in [6.07, 6.45) is 2.62. The van der Waals surface area contributed by atoms with E-state index in [0.717, 1.165) is 47.4 Å². The average molecular weight is 344 g/mol. The van der Waals surface area contributed by atoms with Gasteiger partial charge in [0.15, 0.2) is 0 Å². The van der Waals surface area contributed by atoms with Crippen LogP contribution in [0.1, 0.15) is 29.5 Å². The molecule has 1 aliphatic carbocycles. The quantitative estimate of drug-likeness (QED) is 0.867. The number of hydrazone groups is 1. The molecule has 2 aromatic rings. The Morgan fingerprint density at radius 1 is 1.08 bits per heavy atom. The van der Waals surface area contributed by atoms with E-state index in [9.17, 15) is 8.42 Å². The second kappa shape index (κ2) is 6.65. The average Bonchev–Trinajstić information content (AvgIpc) is 2.59. The highest BCUT2D eigenvalue weighted by atomic mass is 32.2. The summed E-state index contributed by atoms with van der Waals surface area (Å²) in [5.74, 6) is 0.801. The zero-order chi connectivity index (χ0) is 17.2. The third kappa shape index (κ3) is 3.43. The number of rotatable bonds is 4. The summed E-state index contributed by atoms with van der Waals surface area (Å²) in [7, 11) is -2.02. The SMILES string of the molecule is COc1ccc2c(c1)CCCC2=NNS(=O)(=O)c1ccc(C)cc1. The Bertz CT molecular complexity index is 872. The lowest BCUT2D eigenvalue weighted by atomic mass is 9.90. The van der Waals surface area contributed by atoms with Crippen molar-refractivity contribution in [1.82, 2.24) is 4.83 Å². The van der Waals surface area contributed by atoms with Crippen LogP contribution in [-0.4, -0.2) is 21.2 Å². The van der Waals surface area contributed by atoms with Gasteiger partial charge in [0.25, 0.3) is 10.0 Å². The van der Waals surface area contributed by atoms with Crippen LogP contribution >= 0.6 is 0 Å². The van der Waals surface area contributed by atoms with Gasteiger partial charge in [-0.05, 0) is 62.1 Å². The van der Waals surface area contributed by atoms with E-state index in [1.165, 1.54) is 0 Å². The van der Waals surface area contributed by atoms with E-state index in [4.69, 9.17) is 4.74 Å². The van der Waals surface area contributed by atoms with Crippen LogP contribution in [0.3, 0.4) is 0 Å². The summed E-state index contributed by atoms with van der Waals surface area (Å²) in [6.45, 7) is 1.91. The molecule has 5 nitrogen and oxygen atoms in total. The molecule has 0 atom stereocenters. The van der Waals surface area contributed by atoms with Crippen LogP contribution in [0.5, 0.6) is 5.75 Å². The third-order valence-corrected chi connectivity index (χ3v) is 5.34. The topological polar surface area (TPSA) is 67.8 Å². The molecule has 0 fully saturated rings. The minimum atomic E-state index is -3.65. The van der Waals surface area contributed by atoms with Crippen molar-refractivity contribution in [3.05, 3.63) is 59.2 Å². The first-order valence-electron chi connectivity index (χ1n) is 7.82. The van der Waals surface area contributed by atoms with Crippen molar-refractivity contribution < 1.29 is 13.2 Å². The van der Waals surface area contributed by atoms with Gasteiger partial charge in [-0.2, -0.15) is 18.4 Å². The van der Waals surface area contributed by atoms with Crippen molar-refractivity contribution in [1.29, 1.82) is 0 Å². The number of sulfonamides is 1. The van der Waals surface area contributed by atoms with Gasteiger partial charge in [-0.1, -0.05) is 17.7 Å². The van der Waals surface area contributed by atoms with Gasteiger partial charge in [0.1, 0.15) is 5.75 Å². The molecule has 1 N–H and O–H groups in total. The Hall–Kier alpha value is -2.34. The molecule has 0 aliphatic heterocycles. The number of aryl methyl sites for hydroxylation is 2. The molecule has 126 valence electrons. The Balaban J connectivity index is 1.87. The first kappa shape index (κ1) is 16.5. The molecule has 0 bridgehead atoms. The van der Waals surface area contributed by atoms with Crippen molar-refractivity contribution >= 4 is 15.7 Å². The first-order chi connectivity index (χ1) is 11.5. The van der Waals surface area contributed by atoms with Crippen LogP contribution in [-0.2, 0) is 16.4 Å². The number of hydrogen-bond donors (Lipinski definition) is 1. The number of fused-ring (bicyclic) bond motifs is 1. The Labute approximate surface area is 142 Å². The summed E-state index contributed by atoms with van der Waals surface area (Å²) < 4.78 is 30.0. The van der Waals surface area contributed by atoms with Gasteiger partial charge in [-0.15, -0.1) is 0 Å². The van der Waals surface area contributed by atoms with Gasteiger partial charge < -0.3 is 4.74 Å². The largest absolute Gasteiger partial charge is 0.497 e. The van der Waals surface area contributed by atoms with Crippen molar-refractivity contribution in [2.24, 2.45) is 5.10 Å². The number of hydrogen-bond acceptors (Lipinski definition) is 4. The number of benzene rings is 2. The predicted octanol–water partition coefficient (Wildman–Crippen LogP) is 3.02. The van der Waals surface area contributed by atoms with E-state index in [2.05, 4.69) is 9.93 Å². The van der Waals surface area contributed by atoms with Crippen LogP contribution in [0.2, 0.25) is 0 Å². The lowest BCUT2D eigenvalue weighted by Gasteiger charge is -2.18. The Kier molecular flexibility index (Phi) is 4.57. The smallest absolute Gasteiger partial charge is 0.276 e. The predicted molar refractivity (Wildman–Crippen MR) is 94.0 cm³/mol. The zero-order valence-corrected chi connectivity index (χ0v) is 14.6. The fourth-order valence-electron chi connectivity index (χ4n) is 2.77. The van der Waals surface area contributed by atoms with Crippen molar-refractivity contribution in [3.8, 4) is 5.75 Å². The van der Waals surface area contributed by atoms with E-state index in [1.54, 1.807) is 31.4 Å². The van der Waals surface area contributed by atoms with E-state index in [-0.39, 0.29) is 4.90 Å². The first-order valence-corrected chi connectivity index (χ1v) is 9.30. The molecule has 0 spiro atoms.